The molecule has 0 aliphatic carbocycles. The normalized spacial score (nSPS) is 10.2. The van der Waals surface area contributed by atoms with E-state index in [1.54, 1.807) is 0 Å². The molecule has 3 heteroatoms. The van der Waals surface area contributed by atoms with Gasteiger partial charge in [-0.2, -0.15) is 0 Å². The van der Waals surface area contributed by atoms with Crippen molar-refractivity contribution < 1.29 is 9.53 Å². The summed E-state index contributed by atoms with van der Waals surface area (Å²) in [5.41, 5.74) is 3.69. The number of hydrogen-bond donors (Lipinski definition) is 1. The standard InChI is InChI=1S/C10H15NO2/c1-5-8-6(2)9(7(3)11-8)10(12)13-4/h11H,5H2,1-4H3. The quantitative estimate of drug-likeness (QED) is 0.709. The number of aryl methyl sites for hydroxylation is 2. The Hall–Kier alpha value is -1.25. The Morgan fingerprint density at radius 2 is 2.08 bits per heavy atom. The molecule has 0 amide bonds. The van der Waals surface area contributed by atoms with Crippen molar-refractivity contribution in [3.8, 4) is 0 Å². The first-order valence-electron chi connectivity index (χ1n) is 4.38. The first-order chi connectivity index (χ1) is 6.11. The number of carbonyl (C=O) groups is 1. The van der Waals surface area contributed by atoms with Crippen LogP contribution in [-0.4, -0.2) is 18.1 Å². The SMILES string of the molecule is CCc1[nH]c(C)c(C(=O)OC)c1C. The minimum atomic E-state index is -0.258. The van der Waals surface area contributed by atoms with E-state index in [1.165, 1.54) is 7.11 Å². The van der Waals surface area contributed by atoms with Gasteiger partial charge >= 0.3 is 5.97 Å². The molecule has 0 aromatic carbocycles. The molecule has 0 radical (unpaired) electrons. The number of H-pyrrole nitrogens is 1. The maximum Gasteiger partial charge on any atom is 0.339 e. The van der Waals surface area contributed by atoms with Crippen LogP contribution in [0.5, 0.6) is 0 Å². The maximum atomic E-state index is 11.3. The second-order valence-corrected chi connectivity index (χ2v) is 3.07. The lowest BCUT2D eigenvalue weighted by Gasteiger charge is -1.99. The van der Waals surface area contributed by atoms with E-state index in [1.807, 2.05) is 13.8 Å². The van der Waals surface area contributed by atoms with Gasteiger partial charge in [0.2, 0.25) is 0 Å². The number of rotatable bonds is 2. The van der Waals surface area contributed by atoms with E-state index in [0.29, 0.717) is 5.56 Å². The van der Waals surface area contributed by atoms with Gasteiger partial charge in [-0.1, -0.05) is 6.92 Å². The summed E-state index contributed by atoms with van der Waals surface area (Å²) in [6.07, 6.45) is 0.906. The molecule has 0 saturated heterocycles. The summed E-state index contributed by atoms with van der Waals surface area (Å²) in [6, 6.07) is 0. The first kappa shape index (κ1) is 9.84. The van der Waals surface area contributed by atoms with Crippen LogP contribution in [0, 0.1) is 13.8 Å². The van der Waals surface area contributed by atoms with E-state index in [4.69, 9.17) is 4.74 Å². The van der Waals surface area contributed by atoms with Crippen molar-refractivity contribution >= 4 is 5.97 Å². The summed E-state index contributed by atoms with van der Waals surface area (Å²) < 4.78 is 4.70. The summed E-state index contributed by atoms with van der Waals surface area (Å²) in [4.78, 5) is 14.5. The first-order valence-corrected chi connectivity index (χ1v) is 4.38. The Morgan fingerprint density at radius 3 is 2.46 bits per heavy atom. The lowest BCUT2D eigenvalue weighted by atomic mass is 10.1. The molecule has 0 saturated carbocycles. The minimum Gasteiger partial charge on any atom is -0.465 e. The van der Waals surface area contributed by atoms with Gasteiger partial charge in [-0.25, -0.2) is 4.79 Å². The summed E-state index contributed by atoms with van der Waals surface area (Å²) in [7, 11) is 1.40. The maximum absolute atomic E-state index is 11.3. The molecular formula is C10H15NO2. The molecule has 0 atom stereocenters. The number of ether oxygens (including phenoxy) is 1. The highest BCUT2D eigenvalue weighted by Crippen LogP contribution is 2.18. The van der Waals surface area contributed by atoms with Gasteiger partial charge in [0, 0.05) is 11.4 Å². The second-order valence-electron chi connectivity index (χ2n) is 3.07. The molecular weight excluding hydrogens is 166 g/mol. The van der Waals surface area contributed by atoms with E-state index in [2.05, 4.69) is 11.9 Å². The molecule has 0 aliphatic heterocycles. The molecule has 1 aromatic rings. The zero-order valence-electron chi connectivity index (χ0n) is 8.52. The highest BCUT2D eigenvalue weighted by molar-refractivity contribution is 5.92. The largest absolute Gasteiger partial charge is 0.465 e. The van der Waals surface area contributed by atoms with Crippen molar-refractivity contribution in [3.05, 3.63) is 22.5 Å². The van der Waals surface area contributed by atoms with Crippen molar-refractivity contribution in [1.29, 1.82) is 0 Å². The fourth-order valence-electron chi connectivity index (χ4n) is 1.58. The number of hydrogen-bond acceptors (Lipinski definition) is 2. The molecule has 0 aliphatic rings. The van der Waals surface area contributed by atoms with Crippen LogP contribution in [0.3, 0.4) is 0 Å². The summed E-state index contributed by atoms with van der Waals surface area (Å²) in [6.45, 7) is 5.88. The van der Waals surface area contributed by atoms with Gasteiger partial charge in [0.15, 0.2) is 0 Å². The molecule has 3 nitrogen and oxygen atoms in total. The van der Waals surface area contributed by atoms with Crippen LogP contribution in [0.2, 0.25) is 0 Å². The van der Waals surface area contributed by atoms with Gasteiger partial charge in [0.05, 0.1) is 12.7 Å². The van der Waals surface area contributed by atoms with E-state index < -0.39 is 0 Å². The third kappa shape index (κ3) is 1.59. The molecule has 0 unspecified atom stereocenters. The lowest BCUT2D eigenvalue weighted by molar-refractivity contribution is 0.0599. The van der Waals surface area contributed by atoms with E-state index in [0.717, 1.165) is 23.4 Å². The third-order valence-corrected chi connectivity index (χ3v) is 2.28. The molecule has 1 heterocycles. The Bertz CT molecular complexity index is 326. The molecule has 0 spiro atoms. The number of methoxy groups -OCH3 is 1. The fourth-order valence-corrected chi connectivity index (χ4v) is 1.58. The smallest absolute Gasteiger partial charge is 0.339 e. The molecule has 1 N–H and O–H groups in total. The van der Waals surface area contributed by atoms with Crippen LogP contribution < -0.4 is 0 Å². The number of aromatic nitrogens is 1. The Kier molecular flexibility index (Phi) is 2.76. The monoisotopic (exact) mass is 181 g/mol. The Balaban J connectivity index is 3.20. The van der Waals surface area contributed by atoms with Crippen molar-refractivity contribution in [1.82, 2.24) is 4.98 Å². The topological polar surface area (TPSA) is 42.1 Å². The van der Waals surface area contributed by atoms with Gasteiger partial charge in [-0.05, 0) is 25.8 Å². The molecule has 1 aromatic heterocycles. The van der Waals surface area contributed by atoms with Crippen molar-refractivity contribution in [3.63, 3.8) is 0 Å². The summed E-state index contributed by atoms with van der Waals surface area (Å²) in [5.74, 6) is -0.258. The Morgan fingerprint density at radius 1 is 1.46 bits per heavy atom. The van der Waals surface area contributed by atoms with Crippen LogP contribution in [0.4, 0.5) is 0 Å². The highest BCUT2D eigenvalue weighted by atomic mass is 16.5. The van der Waals surface area contributed by atoms with Crippen LogP contribution in [0.1, 0.15) is 34.2 Å². The average molecular weight is 181 g/mol. The molecule has 72 valence electrons. The summed E-state index contributed by atoms with van der Waals surface area (Å²) in [5, 5.41) is 0. The predicted molar refractivity (Wildman–Crippen MR) is 51.0 cm³/mol. The number of nitrogens with one attached hydrogen (secondary N) is 1. The van der Waals surface area contributed by atoms with Gasteiger partial charge < -0.3 is 9.72 Å². The summed E-state index contributed by atoms with van der Waals surface area (Å²) >= 11 is 0. The van der Waals surface area contributed by atoms with Gasteiger partial charge in [0.1, 0.15) is 0 Å². The lowest BCUT2D eigenvalue weighted by Crippen LogP contribution is -2.03. The fraction of sp³-hybridized carbons (Fsp3) is 0.500. The van der Waals surface area contributed by atoms with Crippen molar-refractivity contribution in [2.24, 2.45) is 0 Å². The second kappa shape index (κ2) is 3.64. The van der Waals surface area contributed by atoms with E-state index >= 15 is 0 Å². The average Bonchev–Trinajstić information content (AvgIpc) is 2.40. The number of esters is 1. The van der Waals surface area contributed by atoms with Crippen LogP contribution in [0.15, 0.2) is 0 Å². The zero-order valence-corrected chi connectivity index (χ0v) is 8.52. The number of aromatic amines is 1. The highest BCUT2D eigenvalue weighted by Gasteiger charge is 2.17. The molecule has 1 rings (SSSR count). The molecule has 13 heavy (non-hydrogen) atoms. The van der Waals surface area contributed by atoms with E-state index in [-0.39, 0.29) is 5.97 Å². The van der Waals surface area contributed by atoms with Gasteiger partial charge in [-0.15, -0.1) is 0 Å². The van der Waals surface area contributed by atoms with Crippen LogP contribution in [-0.2, 0) is 11.2 Å². The number of carbonyl (C=O) groups excluding carboxylic acids is 1. The third-order valence-electron chi connectivity index (χ3n) is 2.28. The van der Waals surface area contributed by atoms with E-state index in [9.17, 15) is 4.79 Å². The van der Waals surface area contributed by atoms with Crippen molar-refractivity contribution in [2.45, 2.75) is 27.2 Å². The molecule has 0 bridgehead atoms. The van der Waals surface area contributed by atoms with Gasteiger partial charge in [-0.3, -0.25) is 0 Å². The van der Waals surface area contributed by atoms with Crippen molar-refractivity contribution in [2.75, 3.05) is 7.11 Å². The molecule has 0 fully saturated rings. The van der Waals surface area contributed by atoms with Crippen LogP contribution in [0.25, 0.3) is 0 Å². The minimum absolute atomic E-state index is 0.258. The zero-order chi connectivity index (χ0) is 10.0. The van der Waals surface area contributed by atoms with Crippen LogP contribution >= 0.6 is 0 Å². The van der Waals surface area contributed by atoms with Gasteiger partial charge in [0.25, 0.3) is 0 Å². The Labute approximate surface area is 78.1 Å². The predicted octanol–water partition coefficient (Wildman–Crippen LogP) is 1.98.